The number of rotatable bonds is 5. The summed E-state index contributed by atoms with van der Waals surface area (Å²) in [7, 11) is 0. The number of non-ortho nitro benzene ring substituents is 1. The lowest BCUT2D eigenvalue weighted by Gasteiger charge is -2.07. The Hall–Kier alpha value is -2.96. The summed E-state index contributed by atoms with van der Waals surface area (Å²) in [5, 5.41) is 15.8. The van der Waals surface area contributed by atoms with Crippen LogP contribution < -0.4 is 10.6 Å². The van der Waals surface area contributed by atoms with Gasteiger partial charge in [0.15, 0.2) is 0 Å². The van der Waals surface area contributed by atoms with Gasteiger partial charge in [0.05, 0.1) is 4.92 Å². The number of urea groups is 1. The summed E-state index contributed by atoms with van der Waals surface area (Å²) < 4.78 is 0. The largest absolute Gasteiger partial charge is 0.337 e. The second kappa shape index (κ2) is 6.99. The van der Waals surface area contributed by atoms with Gasteiger partial charge >= 0.3 is 6.03 Å². The minimum absolute atomic E-state index is 0.0175. The molecule has 2 aromatic rings. The van der Waals surface area contributed by atoms with E-state index in [4.69, 9.17) is 0 Å². The maximum atomic E-state index is 11.6. The highest BCUT2D eigenvalue weighted by molar-refractivity contribution is 5.89. The van der Waals surface area contributed by atoms with Crippen LogP contribution in [-0.2, 0) is 6.42 Å². The minimum Gasteiger partial charge on any atom is -0.337 e. The third kappa shape index (κ3) is 4.57. The van der Waals surface area contributed by atoms with Crippen LogP contribution >= 0.6 is 0 Å². The van der Waals surface area contributed by atoms with Gasteiger partial charge in [-0.2, -0.15) is 0 Å². The number of hydrogen-bond donors (Lipinski definition) is 2. The molecule has 2 amide bonds. The van der Waals surface area contributed by atoms with Crippen LogP contribution in [0.2, 0.25) is 0 Å². The molecule has 0 saturated heterocycles. The number of anilines is 1. The number of nitrogens with one attached hydrogen (secondary N) is 2. The van der Waals surface area contributed by atoms with Crippen molar-refractivity contribution in [1.82, 2.24) is 10.3 Å². The zero-order valence-electron chi connectivity index (χ0n) is 11.2. The summed E-state index contributed by atoms with van der Waals surface area (Å²) in [5.74, 6) is 0. The van der Waals surface area contributed by atoms with Gasteiger partial charge in [0.2, 0.25) is 0 Å². The van der Waals surface area contributed by atoms with Gasteiger partial charge in [-0.05, 0) is 24.3 Å². The topological polar surface area (TPSA) is 97.2 Å². The predicted octanol–water partition coefficient (Wildman–Crippen LogP) is 2.35. The predicted molar refractivity (Wildman–Crippen MR) is 78.1 cm³/mol. The van der Waals surface area contributed by atoms with Crippen molar-refractivity contribution in [3.05, 3.63) is 64.5 Å². The number of nitro benzene ring substituents is 1. The van der Waals surface area contributed by atoms with Crippen molar-refractivity contribution in [2.45, 2.75) is 6.42 Å². The molecule has 0 bridgehead atoms. The lowest BCUT2D eigenvalue weighted by atomic mass is 10.3. The first-order valence-electron chi connectivity index (χ1n) is 6.34. The van der Waals surface area contributed by atoms with E-state index in [1.54, 1.807) is 6.20 Å². The lowest BCUT2D eigenvalue weighted by molar-refractivity contribution is -0.384. The average molecular weight is 286 g/mol. The van der Waals surface area contributed by atoms with Crippen LogP contribution in [0.4, 0.5) is 16.2 Å². The smallest absolute Gasteiger partial charge is 0.319 e. The van der Waals surface area contributed by atoms with Crippen LogP contribution in [0.15, 0.2) is 48.7 Å². The molecule has 7 heteroatoms. The third-order valence-electron chi connectivity index (χ3n) is 2.73. The Kier molecular flexibility index (Phi) is 4.81. The first-order chi connectivity index (χ1) is 10.1. The zero-order chi connectivity index (χ0) is 15.1. The highest BCUT2D eigenvalue weighted by atomic mass is 16.6. The summed E-state index contributed by atoms with van der Waals surface area (Å²) >= 11 is 0. The number of carbonyl (C=O) groups is 1. The Morgan fingerprint density at radius 1 is 1.19 bits per heavy atom. The second-order valence-corrected chi connectivity index (χ2v) is 4.26. The molecule has 0 saturated carbocycles. The summed E-state index contributed by atoms with van der Waals surface area (Å²) in [4.78, 5) is 25.8. The van der Waals surface area contributed by atoms with E-state index < -0.39 is 4.92 Å². The molecule has 0 unspecified atom stereocenters. The molecular weight excluding hydrogens is 272 g/mol. The first-order valence-corrected chi connectivity index (χ1v) is 6.34. The van der Waals surface area contributed by atoms with Crippen LogP contribution in [0.25, 0.3) is 0 Å². The molecule has 2 N–H and O–H groups in total. The van der Waals surface area contributed by atoms with Crippen molar-refractivity contribution in [2.24, 2.45) is 0 Å². The molecule has 2 rings (SSSR count). The molecule has 0 aliphatic carbocycles. The summed E-state index contributed by atoms with van der Waals surface area (Å²) in [6.45, 7) is 0.454. The number of nitro groups is 1. The highest BCUT2D eigenvalue weighted by Gasteiger charge is 2.06. The van der Waals surface area contributed by atoms with Crippen molar-refractivity contribution in [2.75, 3.05) is 11.9 Å². The minimum atomic E-state index is -0.489. The summed E-state index contributed by atoms with van der Waals surface area (Å²) in [6, 6.07) is 10.9. The van der Waals surface area contributed by atoms with E-state index in [1.807, 2.05) is 18.2 Å². The Balaban J connectivity index is 1.78. The van der Waals surface area contributed by atoms with E-state index in [-0.39, 0.29) is 11.7 Å². The zero-order valence-corrected chi connectivity index (χ0v) is 11.2. The van der Waals surface area contributed by atoms with Crippen molar-refractivity contribution < 1.29 is 9.72 Å². The SMILES string of the molecule is O=C(NCCc1ccccn1)Nc1ccc([N+](=O)[O-])cc1. The van der Waals surface area contributed by atoms with Crippen molar-refractivity contribution in [3.8, 4) is 0 Å². The molecule has 0 aliphatic rings. The number of carbonyl (C=O) groups excluding carboxylic acids is 1. The molecule has 0 radical (unpaired) electrons. The van der Waals surface area contributed by atoms with Crippen LogP contribution in [0.5, 0.6) is 0 Å². The number of amides is 2. The Morgan fingerprint density at radius 3 is 2.57 bits per heavy atom. The Bertz CT molecular complexity index is 614. The van der Waals surface area contributed by atoms with E-state index in [1.165, 1.54) is 24.3 Å². The summed E-state index contributed by atoms with van der Waals surface area (Å²) in [6.07, 6.45) is 2.33. The quantitative estimate of drug-likeness (QED) is 0.651. The fraction of sp³-hybridized carbons (Fsp3) is 0.143. The standard InChI is InChI=1S/C14H14N4O3/c19-14(16-10-8-11-3-1-2-9-15-11)17-12-4-6-13(7-5-12)18(20)21/h1-7,9H,8,10H2,(H2,16,17,19). The third-order valence-corrected chi connectivity index (χ3v) is 2.73. The molecular formula is C14H14N4O3. The fourth-order valence-corrected chi connectivity index (χ4v) is 1.69. The van der Waals surface area contributed by atoms with Crippen LogP contribution in [0, 0.1) is 10.1 Å². The van der Waals surface area contributed by atoms with Crippen molar-refractivity contribution in [1.29, 1.82) is 0 Å². The fourth-order valence-electron chi connectivity index (χ4n) is 1.69. The van der Waals surface area contributed by atoms with Crippen LogP contribution in [-0.4, -0.2) is 22.5 Å². The number of benzene rings is 1. The molecule has 1 aromatic carbocycles. The molecule has 0 atom stereocenters. The van der Waals surface area contributed by atoms with Crippen molar-refractivity contribution in [3.63, 3.8) is 0 Å². The molecule has 0 fully saturated rings. The van der Waals surface area contributed by atoms with Gasteiger partial charge in [0, 0.05) is 42.7 Å². The van der Waals surface area contributed by atoms with Gasteiger partial charge in [-0.3, -0.25) is 15.1 Å². The van der Waals surface area contributed by atoms with E-state index in [2.05, 4.69) is 15.6 Å². The van der Waals surface area contributed by atoms with Gasteiger partial charge in [-0.25, -0.2) is 4.79 Å². The van der Waals surface area contributed by atoms with E-state index in [0.717, 1.165) is 5.69 Å². The maximum Gasteiger partial charge on any atom is 0.319 e. The monoisotopic (exact) mass is 286 g/mol. The molecule has 21 heavy (non-hydrogen) atoms. The van der Waals surface area contributed by atoms with Crippen LogP contribution in [0.3, 0.4) is 0 Å². The average Bonchev–Trinajstić information content (AvgIpc) is 2.49. The Morgan fingerprint density at radius 2 is 1.95 bits per heavy atom. The molecule has 108 valence electrons. The van der Waals surface area contributed by atoms with E-state index >= 15 is 0 Å². The van der Waals surface area contributed by atoms with Crippen molar-refractivity contribution >= 4 is 17.4 Å². The molecule has 7 nitrogen and oxygen atoms in total. The van der Waals surface area contributed by atoms with Gasteiger partial charge in [-0.15, -0.1) is 0 Å². The van der Waals surface area contributed by atoms with Gasteiger partial charge in [0.25, 0.3) is 5.69 Å². The maximum absolute atomic E-state index is 11.6. The molecule has 0 spiro atoms. The van der Waals surface area contributed by atoms with E-state index in [0.29, 0.717) is 18.7 Å². The van der Waals surface area contributed by atoms with Gasteiger partial charge in [0.1, 0.15) is 0 Å². The lowest BCUT2D eigenvalue weighted by Crippen LogP contribution is -2.30. The van der Waals surface area contributed by atoms with E-state index in [9.17, 15) is 14.9 Å². The summed E-state index contributed by atoms with van der Waals surface area (Å²) in [5.41, 5.74) is 1.38. The molecule has 0 aliphatic heterocycles. The molecule has 1 aromatic heterocycles. The number of nitrogens with zero attached hydrogens (tertiary/aromatic N) is 2. The first kappa shape index (κ1) is 14.4. The van der Waals surface area contributed by atoms with Gasteiger partial charge in [-0.1, -0.05) is 6.07 Å². The number of hydrogen-bond acceptors (Lipinski definition) is 4. The molecule has 1 heterocycles. The number of aromatic nitrogens is 1. The Labute approximate surface area is 121 Å². The number of pyridine rings is 1. The van der Waals surface area contributed by atoms with Gasteiger partial charge < -0.3 is 10.6 Å². The second-order valence-electron chi connectivity index (χ2n) is 4.26. The normalized spacial score (nSPS) is 9.90. The van der Waals surface area contributed by atoms with Crippen LogP contribution in [0.1, 0.15) is 5.69 Å². The highest BCUT2D eigenvalue weighted by Crippen LogP contribution is 2.15.